The van der Waals surface area contributed by atoms with Gasteiger partial charge in [-0.05, 0) is 24.5 Å². The zero-order valence-corrected chi connectivity index (χ0v) is 10.2. The third-order valence-corrected chi connectivity index (χ3v) is 3.35. The molecule has 0 aliphatic carbocycles. The highest BCUT2D eigenvalue weighted by molar-refractivity contribution is 7.98. The fourth-order valence-corrected chi connectivity index (χ4v) is 2.22. The molecule has 3 rings (SSSR count). The van der Waals surface area contributed by atoms with Crippen LogP contribution in [0, 0.1) is 0 Å². The van der Waals surface area contributed by atoms with E-state index in [1.165, 1.54) is 4.90 Å². The van der Waals surface area contributed by atoms with Gasteiger partial charge in [0.05, 0.1) is 11.7 Å². The fraction of sp³-hybridized carbons (Fsp3) is 0.0769. The summed E-state index contributed by atoms with van der Waals surface area (Å²) < 4.78 is 0. The number of benzene rings is 1. The SMILES string of the molecule is CSc1cccc(-c2nc3cnccc3[nH]2)c1. The van der Waals surface area contributed by atoms with Crippen molar-refractivity contribution in [3.63, 3.8) is 0 Å². The van der Waals surface area contributed by atoms with Crippen LogP contribution in [0.2, 0.25) is 0 Å². The summed E-state index contributed by atoms with van der Waals surface area (Å²) >= 11 is 1.73. The van der Waals surface area contributed by atoms with Gasteiger partial charge in [-0.3, -0.25) is 4.98 Å². The molecule has 0 radical (unpaired) electrons. The summed E-state index contributed by atoms with van der Waals surface area (Å²) in [6.07, 6.45) is 5.61. The van der Waals surface area contributed by atoms with Crippen molar-refractivity contribution in [1.82, 2.24) is 15.0 Å². The Hall–Kier alpha value is -1.81. The lowest BCUT2D eigenvalue weighted by molar-refractivity contribution is 1.31. The molecule has 3 aromatic rings. The first kappa shape index (κ1) is 10.4. The van der Waals surface area contributed by atoms with Crippen LogP contribution in [0.15, 0.2) is 47.6 Å². The van der Waals surface area contributed by atoms with Crippen LogP contribution < -0.4 is 0 Å². The van der Waals surface area contributed by atoms with Gasteiger partial charge < -0.3 is 4.98 Å². The van der Waals surface area contributed by atoms with Crippen molar-refractivity contribution in [2.24, 2.45) is 0 Å². The van der Waals surface area contributed by atoms with E-state index in [1.807, 2.05) is 12.1 Å². The minimum absolute atomic E-state index is 0.893. The smallest absolute Gasteiger partial charge is 0.138 e. The van der Waals surface area contributed by atoms with Crippen LogP contribution in [-0.2, 0) is 0 Å². The molecule has 0 aliphatic heterocycles. The number of hydrogen-bond acceptors (Lipinski definition) is 3. The minimum Gasteiger partial charge on any atom is -0.338 e. The van der Waals surface area contributed by atoms with Crippen molar-refractivity contribution in [2.45, 2.75) is 4.90 Å². The zero-order valence-electron chi connectivity index (χ0n) is 9.34. The summed E-state index contributed by atoms with van der Waals surface area (Å²) in [5.41, 5.74) is 3.02. The highest BCUT2D eigenvalue weighted by Gasteiger charge is 2.05. The standard InChI is InChI=1S/C13H11N3S/c1-17-10-4-2-3-9(7-10)13-15-11-5-6-14-8-12(11)16-13/h2-8H,1H3,(H,15,16). The summed E-state index contributed by atoms with van der Waals surface area (Å²) in [7, 11) is 0. The molecule has 0 atom stereocenters. The minimum atomic E-state index is 0.893. The van der Waals surface area contributed by atoms with E-state index >= 15 is 0 Å². The number of pyridine rings is 1. The summed E-state index contributed by atoms with van der Waals surface area (Å²) in [6, 6.07) is 10.3. The van der Waals surface area contributed by atoms with Crippen LogP contribution in [0.1, 0.15) is 0 Å². The normalized spacial score (nSPS) is 10.9. The highest BCUT2D eigenvalue weighted by Crippen LogP contribution is 2.24. The number of nitrogens with zero attached hydrogens (tertiary/aromatic N) is 2. The molecule has 84 valence electrons. The van der Waals surface area contributed by atoms with Crippen molar-refractivity contribution in [1.29, 1.82) is 0 Å². The van der Waals surface area contributed by atoms with Crippen molar-refractivity contribution in [3.05, 3.63) is 42.7 Å². The second-order valence-corrected chi connectivity index (χ2v) is 4.59. The number of aromatic nitrogens is 3. The third kappa shape index (κ3) is 1.91. The Labute approximate surface area is 103 Å². The first-order valence-electron chi connectivity index (χ1n) is 5.31. The first-order valence-corrected chi connectivity index (χ1v) is 6.53. The maximum absolute atomic E-state index is 4.53. The largest absolute Gasteiger partial charge is 0.338 e. The molecule has 3 nitrogen and oxygen atoms in total. The number of aromatic amines is 1. The van der Waals surface area contributed by atoms with Crippen LogP contribution in [-0.4, -0.2) is 21.2 Å². The number of rotatable bonds is 2. The molecule has 0 unspecified atom stereocenters. The third-order valence-electron chi connectivity index (χ3n) is 2.63. The molecule has 2 heterocycles. The Morgan fingerprint density at radius 1 is 1.24 bits per heavy atom. The van der Waals surface area contributed by atoms with E-state index in [-0.39, 0.29) is 0 Å². The van der Waals surface area contributed by atoms with Crippen molar-refractivity contribution in [3.8, 4) is 11.4 Å². The van der Waals surface area contributed by atoms with E-state index in [9.17, 15) is 0 Å². The number of nitrogens with one attached hydrogen (secondary N) is 1. The van der Waals surface area contributed by atoms with E-state index < -0.39 is 0 Å². The monoisotopic (exact) mass is 241 g/mol. The van der Waals surface area contributed by atoms with Crippen LogP contribution in [0.5, 0.6) is 0 Å². The molecule has 0 amide bonds. The van der Waals surface area contributed by atoms with Gasteiger partial charge in [0.1, 0.15) is 11.3 Å². The predicted octanol–water partition coefficient (Wildman–Crippen LogP) is 3.35. The van der Waals surface area contributed by atoms with Gasteiger partial charge in [-0.15, -0.1) is 11.8 Å². The Morgan fingerprint density at radius 2 is 2.18 bits per heavy atom. The quantitative estimate of drug-likeness (QED) is 0.699. The molecule has 0 aliphatic rings. The predicted molar refractivity (Wildman–Crippen MR) is 71.1 cm³/mol. The van der Waals surface area contributed by atoms with Gasteiger partial charge in [0.15, 0.2) is 0 Å². The van der Waals surface area contributed by atoms with Gasteiger partial charge in [0.25, 0.3) is 0 Å². The molecule has 1 aromatic carbocycles. The van der Waals surface area contributed by atoms with Gasteiger partial charge in [-0.2, -0.15) is 0 Å². The number of H-pyrrole nitrogens is 1. The fourth-order valence-electron chi connectivity index (χ4n) is 1.76. The van der Waals surface area contributed by atoms with Gasteiger partial charge in [-0.1, -0.05) is 12.1 Å². The molecule has 0 fully saturated rings. The Morgan fingerprint density at radius 3 is 3.00 bits per heavy atom. The van der Waals surface area contributed by atoms with Crippen molar-refractivity contribution >= 4 is 22.8 Å². The lowest BCUT2D eigenvalue weighted by Crippen LogP contribution is -1.80. The van der Waals surface area contributed by atoms with Crippen LogP contribution >= 0.6 is 11.8 Å². The van der Waals surface area contributed by atoms with Gasteiger partial charge >= 0.3 is 0 Å². The summed E-state index contributed by atoms with van der Waals surface area (Å²) in [4.78, 5) is 13.1. The molecule has 4 heteroatoms. The van der Waals surface area contributed by atoms with Gasteiger partial charge in [0.2, 0.25) is 0 Å². The van der Waals surface area contributed by atoms with Gasteiger partial charge in [0, 0.05) is 16.7 Å². The lowest BCUT2D eigenvalue weighted by Gasteiger charge is -1.99. The average molecular weight is 241 g/mol. The Balaban J connectivity index is 2.13. The van der Waals surface area contributed by atoms with E-state index in [0.29, 0.717) is 0 Å². The number of fused-ring (bicyclic) bond motifs is 1. The molecule has 2 aromatic heterocycles. The highest BCUT2D eigenvalue weighted by atomic mass is 32.2. The summed E-state index contributed by atoms with van der Waals surface area (Å²) in [6.45, 7) is 0. The molecular weight excluding hydrogens is 230 g/mol. The van der Waals surface area contributed by atoms with E-state index in [0.717, 1.165) is 22.4 Å². The lowest BCUT2D eigenvalue weighted by atomic mass is 10.2. The molecule has 1 N–H and O–H groups in total. The van der Waals surface area contributed by atoms with Crippen LogP contribution in [0.3, 0.4) is 0 Å². The second kappa shape index (κ2) is 4.22. The Kier molecular flexibility index (Phi) is 2.57. The van der Waals surface area contributed by atoms with E-state index in [1.54, 1.807) is 24.2 Å². The van der Waals surface area contributed by atoms with Crippen molar-refractivity contribution in [2.75, 3.05) is 6.26 Å². The van der Waals surface area contributed by atoms with Crippen LogP contribution in [0.25, 0.3) is 22.4 Å². The number of imidazole rings is 1. The van der Waals surface area contributed by atoms with E-state index in [4.69, 9.17) is 0 Å². The van der Waals surface area contributed by atoms with Gasteiger partial charge in [-0.25, -0.2) is 4.98 Å². The summed E-state index contributed by atoms with van der Waals surface area (Å²) in [5.74, 6) is 0.893. The Bertz CT molecular complexity index is 627. The topological polar surface area (TPSA) is 41.6 Å². The molecule has 0 saturated carbocycles. The number of thioether (sulfide) groups is 1. The molecule has 0 spiro atoms. The first-order chi connectivity index (χ1) is 8.36. The molecule has 0 bridgehead atoms. The average Bonchev–Trinajstić information content (AvgIpc) is 2.82. The second-order valence-electron chi connectivity index (χ2n) is 3.71. The summed E-state index contributed by atoms with van der Waals surface area (Å²) in [5, 5.41) is 0. The van der Waals surface area contributed by atoms with E-state index in [2.05, 4.69) is 39.4 Å². The molecule has 17 heavy (non-hydrogen) atoms. The number of hydrogen-bond donors (Lipinski definition) is 1. The molecular formula is C13H11N3S. The maximum Gasteiger partial charge on any atom is 0.138 e. The maximum atomic E-state index is 4.53. The zero-order chi connectivity index (χ0) is 11.7. The van der Waals surface area contributed by atoms with Crippen LogP contribution in [0.4, 0.5) is 0 Å². The van der Waals surface area contributed by atoms with Crippen molar-refractivity contribution < 1.29 is 0 Å². The molecule has 0 saturated heterocycles.